The maximum atomic E-state index is 11.8. The Labute approximate surface area is 100 Å². The van der Waals surface area contributed by atoms with Crippen LogP contribution in [0.15, 0.2) is 17.0 Å². The molecule has 0 amide bonds. The lowest BCUT2D eigenvalue weighted by Gasteiger charge is -2.09. The molecular formula is C12H12O4S. The smallest absolute Gasteiger partial charge is 0.335 e. The van der Waals surface area contributed by atoms with Gasteiger partial charge in [-0.05, 0) is 37.1 Å². The maximum absolute atomic E-state index is 11.8. The van der Waals surface area contributed by atoms with E-state index in [-0.39, 0.29) is 10.5 Å². The lowest BCUT2D eigenvalue weighted by Crippen LogP contribution is -2.10. The minimum atomic E-state index is -3.62. The van der Waals surface area contributed by atoms with Gasteiger partial charge in [0, 0.05) is 0 Å². The van der Waals surface area contributed by atoms with Crippen LogP contribution in [0.5, 0.6) is 0 Å². The number of rotatable bonds is 3. The van der Waals surface area contributed by atoms with Crippen molar-refractivity contribution in [2.75, 3.05) is 5.75 Å². The van der Waals surface area contributed by atoms with E-state index in [1.807, 2.05) is 0 Å². The summed E-state index contributed by atoms with van der Waals surface area (Å²) in [5.74, 6) is 0.470. The molecule has 1 rings (SSSR count). The number of aromatic carboxylic acids is 1. The summed E-state index contributed by atoms with van der Waals surface area (Å²) in [5, 5.41) is 8.89. The van der Waals surface area contributed by atoms with Gasteiger partial charge in [0.05, 0.1) is 10.5 Å². The highest BCUT2D eigenvalue weighted by atomic mass is 32.2. The predicted molar refractivity (Wildman–Crippen MR) is 63.8 cm³/mol. The van der Waals surface area contributed by atoms with Crippen LogP contribution in [0.1, 0.15) is 21.5 Å². The molecule has 1 aromatic rings. The van der Waals surface area contributed by atoms with Gasteiger partial charge in [0.15, 0.2) is 9.84 Å². The molecule has 0 aliphatic heterocycles. The van der Waals surface area contributed by atoms with Crippen molar-refractivity contribution in [1.29, 1.82) is 0 Å². The van der Waals surface area contributed by atoms with Gasteiger partial charge in [-0.1, -0.05) is 5.92 Å². The Morgan fingerprint density at radius 2 is 2.00 bits per heavy atom. The summed E-state index contributed by atoms with van der Waals surface area (Å²) in [6.07, 6.45) is 4.99. The van der Waals surface area contributed by atoms with Crippen LogP contribution in [-0.2, 0) is 9.84 Å². The third kappa shape index (κ3) is 2.66. The molecule has 0 saturated heterocycles. The molecule has 0 aromatic heterocycles. The van der Waals surface area contributed by atoms with Gasteiger partial charge in [0.1, 0.15) is 5.75 Å². The van der Waals surface area contributed by atoms with Crippen LogP contribution in [0.2, 0.25) is 0 Å². The molecular weight excluding hydrogens is 240 g/mol. The van der Waals surface area contributed by atoms with Crippen LogP contribution in [0.25, 0.3) is 0 Å². The van der Waals surface area contributed by atoms with E-state index in [4.69, 9.17) is 11.5 Å². The topological polar surface area (TPSA) is 71.4 Å². The molecule has 0 spiro atoms. The van der Waals surface area contributed by atoms with Crippen LogP contribution in [0.3, 0.4) is 0 Å². The van der Waals surface area contributed by atoms with Crippen LogP contribution in [0.4, 0.5) is 0 Å². The van der Waals surface area contributed by atoms with Gasteiger partial charge in [-0.25, -0.2) is 13.2 Å². The Kier molecular flexibility index (Phi) is 3.59. The summed E-state index contributed by atoms with van der Waals surface area (Å²) >= 11 is 0. The summed E-state index contributed by atoms with van der Waals surface area (Å²) in [6.45, 7) is 3.29. The first kappa shape index (κ1) is 13.3. The highest BCUT2D eigenvalue weighted by molar-refractivity contribution is 7.91. The minimum absolute atomic E-state index is 0.00662. The Bertz CT molecular complexity index is 606. The fourth-order valence-corrected chi connectivity index (χ4v) is 2.77. The second-order valence-corrected chi connectivity index (χ2v) is 5.64. The van der Waals surface area contributed by atoms with E-state index in [1.54, 1.807) is 13.8 Å². The van der Waals surface area contributed by atoms with Gasteiger partial charge < -0.3 is 5.11 Å². The summed E-state index contributed by atoms with van der Waals surface area (Å²) in [6, 6.07) is 2.59. The number of hydrogen-bond donors (Lipinski definition) is 1. The lowest BCUT2D eigenvalue weighted by molar-refractivity contribution is 0.0696. The van der Waals surface area contributed by atoms with Crippen molar-refractivity contribution in [2.45, 2.75) is 18.7 Å². The van der Waals surface area contributed by atoms with Crippen molar-refractivity contribution in [1.82, 2.24) is 0 Å². The van der Waals surface area contributed by atoms with Gasteiger partial charge >= 0.3 is 5.97 Å². The highest BCUT2D eigenvalue weighted by Crippen LogP contribution is 2.22. The number of carbonyl (C=O) groups is 1. The quantitative estimate of drug-likeness (QED) is 0.825. The van der Waals surface area contributed by atoms with E-state index in [0.717, 1.165) is 6.07 Å². The minimum Gasteiger partial charge on any atom is -0.478 e. The maximum Gasteiger partial charge on any atom is 0.335 e. The molecule has 1 N–H and O–H groups in total. The molecule has 5 heteroatoms. The zero-order chi connectivity index (χ0) is 13.2. The van der Waals surface area contributed by atoms with E-state index in [2.05, 4.69) is 5.92 Å². The summed E-state index contributed by atoms with van der Waals surface area (Å²) in [5.41, 5.74) is 1.09. The van der Waals surface area contributed by atoms with Gasteiger partial charge in [-0.2, -0.15) is 0 Å². The molecule has 90 valence electrons. The first-order chi connectivity index (χ1) is 7.79. The SMILES string of the molecule is C#CCS(=O)(=O)c1cc(C(=O)O)cc(C)c1C. The van der Waals surface area contributed by atoms with Crippen LogP contribution < -0.4 is 0 Å². The number of carboxylic acid groups (broad SMARTS) is 1. The van der Waals surface area contributed by atoms with Crippen LogP contribution in [0, 0.1) is 26.2 Å². The molecule has 0 heterocycles. The van der Waals surface area contributed by atoms with E-state index in [9.17, 15) is 13.2 Å². The molecule has 17 heavy (non-hydrogen) atoms. The Hall–Kier alpha value is -1.80. The number of aryl methyl sites for hydroxylation is 1. The van der Waals surface area contributed by atoms with Gasteiger partial charge in [0.25, 0.3) is 0 Å². The van der Waals surface area contributed by atoms with Crippen LogP contribution >= 0.6 is 0 Å². The number of sulfone groups is 1. The van der Waals surface area contributed by atoms with E-state index in [1.165, 1.54) is 6.07 Å². The number of benzene rings is 1. The average molecular weight is 252 g/mol. The number of terminal acetylenes is 1. The van der Waals surface area contributed by atoms with E-state index < -0.39 is 21.6 Å². The molecule has 0 aliphatic rings. The van der Waals surface area contributed by atoms with Crippen molar-refractivity contribution in [3.63, 3.8) is 0 Å². The molecule has 0 saturated carbocycles. The summed E-state index contributed by atoms with van der Waals surface area (Å²) in [7, 11) is -3.62. The standard InChI is InChI=1S/C12H12O4S/c1-4-5-17(15,16)11-7-10(12(13)14)6-8(2)9(11)3/h1,6-7H,5H2,2-3H3,(H,13,14). The van der Waals surface area contributed by atoms with E-state index in [0.29, 0.717) is 11.1 Å². The fourth-order valence-electron chi connectivity index (χ4n) is 1.46. The third-order valence-corrected chi connectivity index (χ3v) is 4.12. The van der Waals surface area contributed by atoms with Crippen molar-refractivity contribution >= 4 is 15.8 Å². The van der Waals surface area contributed by atoms with Crippen LogP contribution in [-0.4, -0.2) is 25.2 Å². The molecule has 0 fully saturated rings. The number of hydrogen-bond acceptors (Lipinski definition) is 3. The number of carboxylic acids is 1. The molecule has 0 atom stereocenters. The fraction of sp³-hybridized carbons (Fsp3) is 0.250. The molecule has 0 unspecified atom stereocenters. The zero-order valence-corrected chi connectivity index (χ0v) is 10.3. The first-order valence-corrected chi connectivity index (χ1v) is 6.45. The predicted octanol–water partition coefficient (Wildman–Crippen LogP) is 1.41. The second-order valence-electron chi connectivity index (χ2n) is 3.68. The molecule has 0 aliphatic carbocycles. The van der Waals surface area contributed by atoms with Crippen molar-refractivity contribution in [3.05, 3.63) is 28.8 Å². The van der Waals surface area contributed by atoms with Crippen molar-refractivity contribution < 1.29 is 18.3 Å². The van der Waals surface area contributed by atoms with Crippen molar-refractivity contribution in [2.24, 2.45) is 0 Å². The monoisotopic (exact) mass is 252 g/mol. The summed E-state index contributed by atoms with van der Waals surface area (Å²) < 4.78 is 23.7. The van der Waals surface area contributed by atoms with E-state index >= 15 is 0 Å². The average Bonchev–Trinajstić information content (AvgIpc) is 2.21. The first-order valence-electron chi connectivity index (χ1n) is 4.80. The van der Waals surface area contributed by atoms with Gasteiger partial charge in [-0.3, -0.25) is 0 Å². The second kappa shape index (κ2) is 4.60. The Morgan fingerprint density at radius 1 is 1.41 bits per heavy atom. The zero-order valence-electron chi connectivity index (χ0n) is 9.52. The lowest BCUT2D eigenvalue weighted by atomic mass is 10.1. The molecule has 1 aromatic carbocycles. The van der Waals surface area contributed by atoms with Gasteiger partial charge in [0.2, 0.25) is 0 Å². The molecule has 0 bridgehead atoms. The third-order valence-electron chi connectivity index (χ3n) is 2.48. The molecule has 4 nitrogen and oxygen atoms in total. The largest absolute Gasteiger partial charge is 0.478 e. The van der Waals surface area contributed by atoms with Gasteiger partial charge in [-0.15, -0.1) is 6.42 Å². The summed E-state index contributed by atoms with van der Waals surface area (Å²) in [4.78, 5) is 10.9. The van der Waals surface area contributed by atoms with Crippen molar-refractivity contribution in [3.8, 4) is 12.3 Å². The Balaban J connectivity index is 3.55. The molecule has 0 radical (unpaired) electrons. The Morgan fingerprint density at radius 3 is 2.47 bits per heavy atom. The normalized spacial score (nSPS) is 10.9. The highest BCUT2D eigenvalue weighted by Gasteiger charge is 2.19.